The van der Waals surface area contributed by atoms with Crippen LogP contribution in [-0.4, -0.2) is 0 Å². The third-order valence-corrected chi connectivity index (χ3v) is 2.99. The fourth-order valence-electron chi connectivity index (χ4n) is 2.36. The molecule has 0 radical (unpaired) electrons. The van der Waals surface area contributed by atoms with Crippen LogP contribution in [-0.2, 0) is 6.42 Å². The minimum Gasteiger partial charge on any atom is -0.324 e. The molecule has 0 fully saturated rings. The van der Waals surface area contributed by atoms with Crippen LogP contribution in [0.15, 0.2) is 12.1 Å². The highest BCUT2D eigenvalue weighted by Crippen LogP contribution is 2.30. The molecule has 78 valence electrons. The van der Waals surface area contributed by atoms with Crippen LogP contribution in [0.1, 0.15) is 41.1 Å². The van der Waals surface area contributed by atoms with Gasteiger partial charge in [-0.15, -0.1) is 12.4 Å². The molecular weight excluding hydrogens is 194 g/mol. The average Bonchev–Trinajstić information content (AvgIpc) is 2.07. The van der Waals surface area contributed by atoms with E-state index in [0.29, 0.717) is 0 Å². The second-order valence-corrected chi connectivity index (χ2v) is 4.15. The van der Waals surface area contributed by atoms with Crippen molar-refractivity contribution in [1.82, 2.24) is 0 Å². The van der Waals surface area contributed by atoms with Crippen molar-refractivity contribution in [2.75, 3.05) is 0 Å². The zero-order chi connectivity index (χ0) is 9.42. The van der Waals surface area contributed by atoms with E-state index in [9.17, 15) is 0 Å². The Morgan fingerprint density at radius 2 is 2.00 bits per heavy atom. The molecular formula is C12H18ClN. The number of halogens is 1. The Hall–Kier alpha value is -0.530. The molecule has 14 heavy (non-hydrogen) atoms. The van der Waals surface area contributed by atoms with E-state index < -0.39 is 0 Å². The van der Waals surface area contributed by atoms with Crippen molar-refractivity contribution in [1.29, 1.82) is 0 Å². The molecule has 0 aliphatic heterocycles. The van der Waals surface area contributed by atoms with Crippen LogP contribution >= 0.6 is 12.4 Å². The van der Waals surface area contributed by atoms with Gasteiger partial charge in [-0.3, -0.25) is 0 Å². The van der Waals surface area contributed by atoms with E-state index in [1.54, 1.807) is 0 Å². The lowest BCUT2D eigenvalue weighted by molar-refractivity contribution is 0.568. The van der Waals surface area contributed by atoms with Crippen LogP contribution in [0.3, 0.4) is 0 Å². The summed E-state index contributed by atoms with van der Waals surface area (Å²) in [6, 6.07) is 4.80. The number of nitrogens with two attached hydrogens (primary N) is 1. The van der Waals surface area contributed by atoms with Gasteiger partial charge < -0.3 is 5.73 Å². The van der Waals surface area contributed by atoms with Crippen LogP contribution in [0, 0.1) is 13.8 Å². The van der Waals surface area contributed by atoms with E-state index in [2.05, 4.69) is 26.0 Å². The first kappa shape index (κ1) is 11.5. The summed E-state index contributed by atoms with van der Waals surface area (Å²) < 4.78 is 0. The number of hydrogen-bond donors (Lipinski definition) is 1. The lowest BCUT2D eigenvalue weighted by Crippen LogP contribution is -2.18. The van der Waals surface area contributed by atoms with Crippen LogP contribution < -0.4 is 5.73 Å². The highest BCUT2D eigenvalue weighted by molar-refractivity contribution is 5.85. The van der Waals surface area contributed by atoms with Gasteiger partial charge in [-0.1, -0.05) is 17.7 Å². The first-order valence-corrected chi connectivity index (χ1v) is 5.04. The average molecular weight is 212 g/mol. The van der Waals surface area contributed by atoms with Gasteiger partial charge in [-0.2, -0.15) is 0 Å². The van der Waals surface area contributed by atoms with Crippen molar-refractivity contribution in [2.24, 2.45) is 5.73 Å². The van der Waals surface area contributed by atoms with Crippen molar-refractivity contribution in [3.05, 3.63) is 34.4 Å². The molecule has 1 aromatic carbocycles. The van der Waals surface area contributed by atoms with Gasteiger partial charge >= 0.3 is 0 Å². The van der Waals surface area contributed by atoms with Crippen molar-refractivity contribution in [3.63, 3.8) is 0 Å². The van der Waals surface area contributed by atoms with E-state index in [4.69, 9.17) is 5.73 Å². The SMILES string of the molecule is Cc1cc(C)c2c(c1)C(N)CCC2.Cl. The summed E-state index contributed by atoms with van der Waals surface area (Å²) in [5.41, 5.74) is 11.7. The molecule has 0 heterocycles. The van der Waals surface area contributed by atoms with Crippen molar-refractivity contribution >= 4 is 12.4 Å². The Morgan fingerprint density at radius 1 is 1.29 bits per heavy atom. The molecule has 1 aromatic rings. The van der Waals surface area contributed by atoms with Gasteiger partial charge in [0.15, 0.2) is 0 Å². The predicted molar refractivity (Wildman–Crippen MR) is 63.0 cm³/mol. The number of fused-ring (bicyclic) bond motifs is 1. The molecule has 2 heteroatoms. The lowest BCUT2D eigenvalue weighted by atomic mass is 9.84. The van der Waals surface area contributed by atoms with Gasteiger partial charge in [-0.05, 0) is 49.8 Å². The fraction of sp³-hybridized carbons (Fsp3) is 0.500. The molecule has 1 aliphatic rings. The normalized spacial score (nSPS) is 19.8. The van der Waals surface area contributed by atoms with E-state index in [1.165, 1.54) is 35.1 Å². The Morgan fingerprint density at radius 3 is 2.71 bits per heavy atom. The molecule has 2 rings (SSSR count). The predicted octanol–water partition coefficient (Wildman–Crippen LogP) is 3.06. The number of benzene rings is 1. The highest BCUT2D eigenvalue weighted by Gasteiger charge is 2.18. The molecule has 0 aromatic heterocycles. The Labute approximate surface area is 92.1 Å². The highest BCUT2D eigenvalue weighted by atomic mass is 35.5. The fourth-order valence-corrected chi connectivity index (χ4v) is 2.36. The van der Waals surface area contributed by atoms with Crippen LogP contribution in [0.2, 0.25) is 0 Å². The third kappa shape index (κ3) is 1.94. The molecule has 0 saturated heterocycles. The zero-order valence-corrected chi connectivity index (χ0v) is 9.66. The molecule has 0 bridgehead atoms. The maximum absolute atomic E-state index is 6.08. The molecule has 2 N–H and O–H groups in total. The Balaban J connectivity index is 0.000000980. The Bertz CT molecular complexity index is 333. The molecule has 0 amide bonds. The standard InChI is InChI=1S/C12H17N.ClH/c1-8-6-9(2)10-4-3-5-12(13)11(10)7-8;/h6-7,12H,3-5,13H2,1-2H3;1H. The Kier molecular flexibility index (Phi) is 3.57. The topological polar surface area (TPSA) is 26.0 Å². The summed E-state index contributed by atoms with van der Waals surface area (Å²) >= 11 is 0. The maximum atomic E-state index is 6.08. The summed E-state index contributed by atoms with van der Waals surface area (Å²) in [6.07, 6.45) is 3.61. The largest absolute Gasteiger partial charge is 0.324 e. The second-order valence-electron chi connectivity index (χ2n) is 4.15. The van der Waals surface area contributed by atoms with Gasteiger partial charge in [0.1, 0.15) is 0 Å². The van der Waals surface area contributed by atoms with Crippen LogP contribution in [0.25, 0.3) is 0 Å². The molecule has 1 aliphatic carbocycles. The van der Waals surface area contributed by atoms with Crippen molar-refractivity contribution in [2.45, 2.75) is 39.2 Å². The monoisotopic (exact) mass is 211 g/mol. The molecule has 0 saturated carbocycles. The summed E-state index contributed by atoms with van der Waals surface area (Å²) in [4.78, 5) is 0. The van der Waals surface area contributed by atoms with Gasteiger partial charge in [-0.25, -0.2) is 0 Å². The first-order valence-electron chi connectivity index (χ1n) is 5.04. The van der Waals surface area contributed by atoms with E-state index in [1.807, 2.05) is 0 Å². The van der Waals surface area contributed by atoms with Crippen molar-refractivity contribution in [3.8, 4) is 0 Å². The maximum Gasteiger partial charge on any atom is 0.0297 e. The van der Waals surface area contributed by atoms with Gasteiger partial charge in [0.25, 0.3) is 0 Å². The van der Waals surface area contributed by atoms with Crippen molar-refractivity contribution < 1.29 is 0 Å². The van der Waals surface area contributed by atoms with Gasteiger partial charge in [0, 0.05) is 6.04 Å². The molecule has 1 nitrogen and oxygen atoms in total. The smallest absolute Gasteiger partial charge is 0.0297 e. The quantitative estimate of drug-likeness (QED) is 0.702. The summed E-state index contributed by atoms with van der Waals surface area (Å²) in [5, 5.41) is 0. The summed E-state index contributed by atoms with van der Waals surface area (Å²) in [6.45, 7) is 4.35. The third-order valence-electron chi connectivity index (χ3n) is 2.99. The summed E-state index contributed by atoms with van der Waals surface area (Å²) in [7, 11) is 0. The van der Waals surface area contributed by atoms with E-state index in [-0.39, 0.29) is 18.4 Å². The first-order chi connectivity index (χ1) is 6.18. The minimum absolute atomic E-state index is 0. The van der Waals surface area contributed by atoms with Gasteiger partial charge in [0.05, 0.1) is 0 Å². The summed E-state index contributed by atoms with van der Waals surface area (Å²) in [5.74, 6) is 0. The number of rotatable bonds is 0. The van der Waals surface area contributed by atoms with Crippen LogP contribution in [0.4, 0.5) is 0 Å². The lowest BCUT2D eigenvalue weighted by Gasteiger charge is -2.24. The number of aryl methyl sites for hydroxylation is 2. The van der Waals surface area contributed by atoms with E-state index in [0.717, 1.165) is 6.42 Å². The minimum atomic E-state index is 0. The van der Waals surface area contributed by atoms with E-state index >= 15 is 0 Å². The molecule has 0 spiro atoms. The second kappa shape index (κ2) is 4.33. The van der Waals surface area contributed by atoms with Gasteiger partial charge in [0.2, 0.25) is 0 Å². The molecule has 1 unspecified atom stereocenters. The zero-order valence-electron chi connectivity index (χ0n) is 8.84. The number of hydrogen-bond acceptors (Lipinski definition) is 1. The van der Waals surface area contributed by atoms with Crippen LogP contribution in [0.5, 0.6) is 0 Å². The molecule has 1 atom stereocenters.